The van der Waals surface area contributed by atoms with Gasteiger partial charge in [-0.05, 0) is 37.7 Å². The SMILES string of the molecule is CC1(C(=O)O)CCCCN1C(=O)c1csnn1. The topological polar surface area (TPSA) is 83.4 Å². The fraction of sp³-hybridized carbons (Fsp3) is 0.600. The Kier molecular flexibility index (Phi) is 3.10. The van der Waals surface area contributed by atoms with Crippen molar-refractivity contribution in [3.8, 4) is 0 Å². The number of carboxylic acids is 1. The number of carbonyl (C=O) groups is 2. The van der Waals surface area contributed by atoms with Crippen LogP contribution in [0.5, 0.6) is 0 Å². The largest absolute Gasteiger partial charge is 0.480 e. The molecule has 0 radical (unpaired) electrons. The van der Waals surface area contributed by atoms with Crippen LogP contribution in [-0.2, 0) is 4.79 Å². The molecular weight excluding hydrogens is 242 g/mol. The van der Waals surface area contributed by atoms with E-state index < -0.39 is 11.5 Å². The van der Waals surface area contributed by atoms with E-state index in [1.165, 1.54) is 4.90 Å². The molecule has 1 aromatic rings. The maximum absolute atomic E-state index is 12.1. The fourth-order valence-electron chi connectivity index (χ4n) is 2.06. The van der Waals surface area contributed by atoms with Gasteiger partial charge in [0, 0.05) is 11.9 Å². The van der Waals surface area contributed by atoms with E-state index >= 15 is 0 Å². The number of carbonyl (C=O) groups excluding carboxylic acids is 1. The van der Waals surface area contributed by atoms with Gasteiger partial charge in [0.15, 0.2) is 5.69 Å². The highest BCUT2D eigenvalue weighted by atomic mass is 32.1. The highest BCUT2D eigenvalue weighted by Gasteiger charge is 2.44. The van der Waals surface area contributed by atoms with E-state index in [1.54, 1.807) is 12.3 Å². The summed E-state index contributed by atoms with van der Waals surface area (Å²) in [6, 6.07) is 0. The number of amides is 1. The first-order chi connectivity index (χ1) is 8.05. The van der Waals surface area contributed by atoms with Crippen molar-refractivity contribution in [2.45, 2.75) is 31.7 Å². The summed E-state index contributed by atoms with van der Waals surface area (Å²) >= 11 is 1.08. The van der Waals surface area contributed by atoms with E-state index in [9.17, 15) is 14.7 Å². The molecule has 1 aliphatic heterocycles. The molecule has 0 spiro atoms. The van der Waals surface area contributed by atoms with E-state index in [0.29, 0.717) is 13.0 Å². The number of carboxylic acid groups (broad SMARTS) is 1. The first-order valence-corrected chi connectivity index (χ1v) is 6.22. The Morgan fingerprint density at radius 2 is 2.29 bits per heavy atom. The van der Waals surface area contributed by atoms with Gasteiger partial charge in [-0.1, -0.05) is 4.49 Å². The normalized spacial score (nSPS) is 24.6. The van der Waals surface area contributed by atoms with E-state index in [4.69, 9.17) is 0 Å². The molecule has 1 unspecified atom stereocenters. The summed E-state index contributed by atoms with van der Waals surface area (Å²) in [5, 5.41) is 14.5. The Morgan fingerprint density at radius 1 is 1.53 bits per heavy atom. The number of nitrogens with zero attached hydrogens (tertiary/aromatic N) is 3. The van der Waals surface area contributed by atoms with Crippen molar-refractivity contribution < 1.29 is 14.7 Å². The Bertz CT molecular complexity index is 434. The molecule has 1 atom stereocenters. The van der Waals surface area contributed by atoms with Crippen LogP contribution in [-0.4, -0.2) is 43.6 Å². The summed E-state index contributed by atoms with van der Waals surface area (Å²) in [6.45, 7) is 2.05. The van der Waals surface area contributed by atoms with E-state index in [1.807, 2.05) is 0 Å². The molecule has 1 N–H and O–H groups in total. The van der Waals surface area contributed by atoms with Crippen molar-refractivity contribution in [1.29, 1.82) is 0 Å². The molecule has 0 bridgehead atoms. The third-order valence-corrected chi connectivity index (χ3v) is 3.68. The molecule has 1 fully saturated rings. The van der Waals surface area contributed by atoms with Gasteiger partial charge in [-0.25, -0.2) is 4.79 Å². The third-order valence-electron chi connectivity index (χ3n) is 3.18. The van der Waals surface area contributed by atoms with E-state index in [0.717, 1.165) is 24.4 Å². The molecule has 1 saturated heterocycles. The minimum Gasteiger partial charge on any atom is -0.480 e. The van der Waals surface area contributed by atoms with Crippen molar-refractivity contribution in [3.05, 3.63) is 11.1 Å². The highest BCUT2D eigenvalue weighted by molar-refractivity contribution is 7.03. The first-order valence-electron chi connectivity index (χ1n) is 5.38. The van der Waals surface area contributed by atoms with Crippen LogP contribution in [0.25, 0.3) is 0 Å². The summed E-state index contributed by atoms with van der Waals surface area (Å²) in [7, 11) is 0. The van der Waals surface area contributed by atoms with Crippen LogP contribution < -0.4 is 0 Å². The average molecular weight is 255 g/mol. The third kappa shape index (κ3) is 2.02. The second kappa shape index (κ2) is 4.40. The van der Waals surface area contributed by atoms with Gasteiger partial charge in [-0.3, -0.25) is 4.79 Å². The Morgan fingerprint density at radius 3 is 2.88 bits per heavy atom. The fourth-order valence-corrected chi connectivity index (χ4v) is 2.50. The number of aliphatic carboxylic acids is 1. The quantitative estimate of drug-likeness (QED) is 0.852. The molecule has 1 amide bonds. The van der Waals surface area contributed by atoms with Crippen LogP contribution >= 0.6 is 11.5 Å². The number of piperidine rings is 1. The predicted octanol–water partition coefficient (Wildman–Crippen LogP) is 1.01. The van der Waals surface area contributed by atoms with Gasteiger partial charge in [0.2, 0.25) is 0 Å². The summed E-state index contributed by atoms with van der Waals surface area (Å²) in [5.41, 5.74) is -0.900. The Labute approximate surface area is 102 Å². The molecule has 0 aliphatic carbocycles. The van der Waals surface area contributed by atoms with Crippen LogP contribution in [0.15, 0.2) is 5.38 Å². The number of aromatic nitrogens is 2. The zero-order chi connectivity index (χ0) is 12.5. The van der Waals surface area contributed by atoms with Gasteiger partial charge >= 0.3 is 5.97 Å². The van der Waals surface area contributed by atoms with Gasteiger partial charge in [0.05, 0.1) is 0 Å². The maximum Gasteiger partial charge on any atom is 0.329 e. The van der Waals surface area contributed by atoms with Crippen molar-refractivity contribution in [3.63, 3.8) is 0 Å². The lowest BCUT2D eigenvalue weighted by atomic mass is 9.88. The van der Waals surface area contributed by atoms with Crippen LogP contribution in [0.4, 0.5) is 0 Å². The zero-order valence-electron chi connectivity index (χ0n) is 9.42. The monoisotopic (exact) mass is 255 g/mol. The van der Waals surface area contributed by atoms with E-state index in [-0.39, 0.29) is 11.6 Å². The summed E-state index contributed by atoms with van der Waals surface area (Å²) in [6.07, 6.45) is 2.12. The molecule has 7 heteroatoms. The maximum atomic E-state index is 12.1. The minimum absolute atomic E-state index is 0.226. The minimum atomic E-state index is -1.13. The van der Waals surface area contributed by atoms with Crippen LogP contribution in [0.3, 0.4) is 0 Å². The lowest BCUT2D eigenvalue weighted by Crippen LogP contribution is -2.57. The number of rotatable bonds is 2. The Balaban J connectivity index is 2.29. The average Bonchev–Trinajstić information content (AvgIpc) is 2.82. The molecule has 6 nitrogen and oxygen atoms in total. The molecule has 2 heterocycles. The molecule has 0 saturated carbocycles. The lowest BCUT2D eigenvalue weighted by molar-refractivity contribution is -0.150. The van der Waals surface area contributed by atoms with Crippen LogP contribution in [0, 0.1) is 0 Å². The molecule has 1 aliphatic rings. The van der Waals surface area contributed by atoms with Gasteiger partial charge < -0.3 is 10.0 Å². The van der Waals surface area contributed by atoms with Crippen LogP contribution in [0.2, 0.25) is 0 Å². The molecule has 17 heavy (non-hydrogen) atoms. The summed E-state index contributed by atoms with van der Waals surface area (Å²) < 4.78 is 3.63. The standard InChI is InChI=1S/C10H13N3O3S/c1-10(9(15)16)4-2-3-5-13(10)8(14)7-6-17-12-11-7/h6H,2-5H2,1H3,(H,15,16). The van der Waals surface area contributed by atoms with Crippen molar-refractivity contribution in [2.24, 2.45) is 0 Å². The van der Waals surface area contributed by atoms with Crippen LogP contribution in [0.1, 0.15) is 36.7 Å². The highest BCUT2D eigenvalue weighted by Crippen LogP contribution is 2.29. The van der Waals surface area contributed by atoms with Crippen molar-refractivity contribution >= 4 is 23.4 Å². The van der Waals surface area contributed by atoms with E-state index in [2.05, 4.69) is 9.59 Å². The van der Waals surface area contributed by atoms with Crippen molar-refractivity contribution in [1.82, 2.24) is 14.5 Å². The zero-order valence-corrected chi connectivity index (χ0v) is 10.2. The summed E-state index contributed by atoms with van der Waals surface area (Å²) in [5.74, 6) is -1.31. The number of likely N-dealkylation sites (tertiary alicyclic amines) is 1. The molecule has 92 valence electrons. The second-order valence-electron chi connectivity index (χ2n) is 4.28. The molecule has 0 aromatic carbocycles. The summed E-state index contributed by atoms with van der Waals surface area (Å²) in [4.78, 5) is 24.9. The Hall–Kier alpha value is -1.50. The van der Waals surface area contributed by atoms with Gasteiger partial charge in [0.25, 0.3) is 5.91 Å². The predicted molar refractivity (Wildman–Crippen MR) is 60.8 cm³/mol. The lowest BCUT2D eigenvalue weighted by Gasteiger charge is -2.41. The van der Waals surface area contributed by atoms with Crippen molar-refractivity contribution in [2.75, 3.05) is 6.54 Å². The van der Waals surface area contributed by atoms with Gasteiger partial charge in [0.1, 0.15) is 5.54 Å². The van der Waals surface area contributed by atoms with Gasteiger partial charge in [-0.2, -0.15) is 0 Å². The van der Waals surface area contributed by atoms with Gasteiger partial charge in [-0.15, -0.1) is 5.10 Å². The molecule has 1 aromatic heterocycles. The second-order valence-corrected chi connectivity index (χ2v) is 4.89. The first kappa shape index (κ1) is 12.0. The number of hydrogen-bond donors (Lipinski definition) is 1. The molecule has 2 rings (SSSR count). The number of hydrogen-bond acceptors (Lipinski definition) is 5. The molecular formula is C10H13N3O3S. The smallest absolute Gasteiger partial charge is 0.329 e.